The van der Waals surface area contributed by atoms with Gasteiger partial charge in [-0.1, -0.05) is 29.4 Å². The molecule has 2 aromatic carbocycles. The highest BCUT2D eigenvalue weighted by Gasteiger charge is 2.12. The van der Waals surface area contributed by atoms with Gasteiger partial charge in [0.05, 0.1) is 37.4 Å². The molecular formula is C22H22N2O3S. The van der Waals surface area contributed by atoms with Gasteiger partial charge in [0.2, 0.25) is 0 Å². The molecule has 144 valence electrons. The number of carbonyl (C=O) groups excluding carboxylic acids is 1. The van der Waals surface area contributed by atoms with Crippen LogP contribution in [0.3, 0.4) is 0 Å². The molecule has 6 heteroatoms. The van der Waals surface area contributed by atoms with Crippen molar-refractivity contribution in [2.24, 2.45) is 4.99 Å². The lowest BCUT2D eigenvalue weighted by Gasteiger charge is -2.08. The van der Waals surface area contributed by atoms with E-state index in [9.17, 15) is 4.79 Å². The highest BCUT2D eigenvalue weighted by Crippen LogP contribution is 2.28. The quantitative estimate of drug-likeness (QED) is 0.621. The maximum absolute atomic E-state index is 12.6. The third-order valence-corrected chi connectivity index (χ3v) is 5.62. The highest BCUT2D eigenvalue weighted by molar-refractivity contribution is 7.16. The Morgan fingerprint density at radius 2 is 1.93 bits per heavy atom. The van der Waals surface area contributed by atoms with E-state index in [4.69, 9.17) is 15.9 Å². The number of rotatable bonds is 5. The molecule has 1 aromatic heterocycles. The fraction of sp³-hybridized carbons (Fsp3) is 0.273. The van der Waals surface area contributed by atoms with Gasteiger partial charge in [-0.2, -0.15) is 4.99 Å². The number of ether oxygens (including phenoxy) is 2. The predicted octanol–water partition coefficient (Wildman–Crippen LogP) is 3.64. The summed E-state index contributed by atoms with van der Waals surface area (Å²) in [7, 11) is 3.14. The summed E-state index contributed by atoms with van der Waals surface area (Å²) in [6.45, 7) is 4.47. The number of terminal acetylenes is 1. The summed E-state index contributed by atoms with van der Waals surface area (Å²) in [6, 6.07) is 9.61. The fourth-order valence-corrected chi connectivity index (χ4v) is 4.25. The van der Waals surface area contributed by atoms with Crippen LogP contribution in [0.1, 0.15) is 16.7 Å². The molecule has 0 bridgehead atoms. The SMILES string of the molecule is C#CCn1c(=NC(=O)Cc2ccc(OC)c(OC)c2)sc2c(C)cc(C)cc21. The minimum atomic E-state index is -0.237. The lowest BCUT2D eigenvalue weighted by atomic mass is 10.1. The van der Waals surface area contributed by atoms with Crippen molar-refractivity contribution in [3.8, 4) is 23.8 Å². The predicted molar refractivity (Wildman–Crippen MR) is 112 cm³/mol. The van der Waals surface area contributed by atoms with E-state index in [0.717, 1.165) is 26.9 Å². The molecule has 0 unspecified atom stereocenters. The summed E-state index contributed by atoms with van der Waals surface area (Å²) in [5, 5.41) is 0. The van der Waals surface area contributed by atoms with Gasteiger partial charge in [-0.25, -0.2) is 0 Å². The van der Waals surface area contributed by atoms with Gasteiger partial charge in [-0.15, -0.1) is 6.42 Å². The van der Waals surface area contributed by atoms with Crippen LogP contribution in [-0.2, 0) is 17.8 Å². The van der Waals surface area contributed by atoms with Gasteiger partial charge in [-0.05, 0) is 48.7 Å². The summed E-state index contributed by atoms with van der Waals surface area (Å²) in [6.07, 6.45) is 5.72. The summed E-state index contributed by atoms with van der Waals surface area (Å²) < 4.78 is 13.6. The number of benzene rings is 2. The molecule has 0 aliphatic heterocycles. The molecule has 5 nitrogen and oxygen atoms in total. The maximum atomic E-state index is 12.6. The van der Waals surface area contributed by atoms with Crippen LogP contribution in [0.2, 0.25) is 0 Å². The van der Waals surface area contributed by atoms with Gasteiger partial charge in [-0.3, -0.25) is 4.79 Å². The Hall–Kier alpha value is -3.04. The van der Waals surface area contributed by atoms with Crippen molar-refractivity contribution in [1.82, 2.24) is 4.57 Å². The van der Waals surface area contributed by atoms with E-state index in [-0.39, 0.29) is 12.3 Å². The monoisotopic (exact) mass is 394 g/mol. The molecule has 3 rings (SSSR count). The average Bonchev–Trinajstić information content (AvgIpc) is 2.99. The Bertz CT molecular complexity index is 1150. The van der Waals surface area contributed by atoms with Crippen LogP contribution in [0.4, 0.5) is 0 Å². The van der Waals surface area contributed by atoms with Crippen molar-refractivity contribution >= 4 is 27.5 Å². The van der Waals surface area contributed by atoms with Gasteiger partial charge in [0.25, 0.3) is 5.91 Å². The molecule has 0 N–H and O–H groups in total. The number of carbonyl (C=O) groups is 1. The Kier molecular flexibility index (Phi) is 5.86. The van der Waals surface area contributed by atoms with Crippen LogP contribution in [-0.4, -0.2) is 24.7 Å². The topological polar surface area (TPSA) is 52.8 Å². The second kappa shape index (κ2) is 8.32. The summed E-state index contributed by atoms with van der Waals surface area (Å²) in [4.78, 5) is 17.6. The van der Waals surface area contributed by atoms with E-state index >= 15 is 0 Å². The second-order valence-corrected chi connectivity index (χ2v) is 7.45. The Morgan fingerprint density at radius 1 is 1.18 bits per heavy atom. The molecule has 0 atom stereocenters. The van der Waals surface area contributed by atoms with Gasteiger partial charge < -0.3 is 14.0 Å². The summed E-state index contributed by atoms with van der Waals surface area (Å²) in [5.41, 5.74) is 4.12. The Labute approximate surface area is 168 Å². The molecule has 0 saturated heterocycles. The molecule has 0 spiro atoms. The minimum Gasteiger partial charge on any atom is -0.493 e. The van der Waals surface area contributed by atoms with Crippen molar-refractivity contribution < 1.29 is 14.3 Å². The smallest absolute Gasteiger partial charge is 0.252 e. The van der Waals surface area contributed by atoms with Crippen LogP contribution < -0.4 is 14.3 Å². The molecular weight excluding hydrogens is 372 g/mol. The first-order valence-electron chi connectivity index (χ1n) is 8.79. The molecule has 0 radical (unpaired) electrons. The molecule has 0 aliphatic carbocycles. The van der Waals surface area contributed by atoms with Crippen molar-refractivity contribution in [3.05, 3.63) is 51.8 Å². The first-order chi connectivity index (χ1) is 13.5. The lowest BCUT2D eigenvalue weighted by Crippen LogP contribution is -2.17. The first kappa shape index (κ1) is 19.7. The van der Waals surface area contributed by atoms with E-state index in [1.54, 1.807) is 26.4 Å². The van der Waals surface area contributed by atoms with Gasteiger partial charge in [0.1, 0.15) is 0 Å². The molecule has 3 aromatic rings. The average molecular weight is 394 g/mol. The first-order valence-corrected chi connectivity index (χ1v) is 9.61. The van der Waals surface area contributed by atoms with Gasteiger partial charge in [0.15, 0.2) is 16.3 Å². The number of thiazole rings is 1. The van der Waals surface area contributed by atoms with Crippen LogP contribution >= 0.6 is 11.3 Å². The standard InChI is InChI=1S/C22H22N2O3S/c1-6-9-24-17-11-14(2)10-15(3)21(17)28-22(24)23-20(25)13-16-7-8-18(26-4)19(12-16)27-5/h1,7-8,10-12H,9,13H2,2-5H3. The lowest BCUT2D eigenvalue weighted by molar-refractivity contribution is -0.117. The van der Waals surface area contributed by atoms with E-state index in [1.807, 2.05) is 17.6 Å². The van der Waals surface area contributed by atoms with Crippen LogP contribution in [0, 0.1) is 26.2 Å². The van der Waals surface area contributed by atoms with E-state index in [1.165, 1.54) is 11.3 Å². The summed E-state index contributed by atoms with van der Waals surface area (Å²) in [5.74, 6) is 3.63. The van der Waals surface area contributed by atoms with Gasteiger partial charge >= 0.3 is 0 Å². The van der Waals surface area contributed by atoms with Crippen LogP contribution in [0.15, 0.2) is 35.3 Å². The van der Waals surface area contributed by atoms with Gasteiger partial charge in [0, 0.05) is 0 Å². The van der Waals surface area contributed by atoms with E-state index in [0.29, 0.717) is 22.8 Å². The molecule has 0 aliphatic rings. The maximum Gasteiger partial charge on any atom is 0.252 e. The van der Waals surface area contributed by atoms with E-state index in [2.05, 4.69) is 30.0 Å². The number of aromatic nitrogens is 1. The zero-order valence-corrected chi connectivity index (χ0v) is 17.2. The fourth-order valence-electron chi connectivity index (χ4n) is 3.15. The third-order valence-electron chi connectivity index (χ3n) is 4.39. The molecule has 0 fully saturated rings. The zero-order chi connectivity index (χ0) is 20.3. The largest absolute Gasteiger partial charge is 0.493 e. The van der Waals surface area contributed by atoms with Crippen molar-refractivity contribution in [2.75, 3.05) is 14.2 Å². The van der Waals surface area contributed by atoms with Crippen LogP contribution in [0.25, 0.3) is 10.2 Å². The number of aryl methyl sites for hydroxylation is 2. The van der Waals surface area contributed by atoms with Crippen LogP contribution in [0.5, 0.6) is 11.5 Å². The Balaban J connectivity index is 2.00. The minimum absolute atomic E-state index is 0.169. The number of methoxy groups -OCH3 is 2. The molecule has 0 saturated carbocycles. The molecule has 1 amide bonds. The Morgan fingerprint density at radius 3 is 2.61 bits per heavy atom. The number of amides is 1. The third kappa shape index (κ3) is 3.95. The number of hydrogen-bond acceptors (Lipinski definition) is 4. The summed E-state index contributed by atoms with van der Waals surface area (Å²) >= 11 is 1.49. The number of hydrogen-bond donors (Lipinski definition) is 0. The number of fused-ring (bicyclic) bond motifs is 1. The van der Waals surface area contributed by atoms with E-state index < -0.39 is 0 Å². The highest BCUT2D eigenvalue weighted by atomic mass is 32.1. The van der Waals surface area contributed by atoms with Crippen molar-refractivity contribution in [3.63, 3.8) is 0 Å². The zero-order valence-electron chi connectivity index (χ0n) is 16.4. The normalized spacial score (nSPS) is 11.5. The van der Waals surface area contributed by atoms with Crippen molar-refractivity contribution in [2.45, 2.75) is 26.8 Å². The molecule has 1 heterocycles. The second-order valence-electron chi connectivity index (χ2n) is 6.48. The molecule has 28 heavy (non-hydrogen) atoms. The number of nitrogens with zero attached hydrogens (tertiary/aromatic N) is 2. The van der Waals surface area contributed by atoms with Crippen molar-refractivity contribution in [1.29, 1.82) is 0 Å².